The number of furan rings is 1. The van der Waals surface area contributed by atoms with Crippen molar-refractivity contribution in [1.29, 1.82) is 0 Å². The van der Waals surface area contributed by atoms with Gasteiger partial charge in [0.05, 0.1) is 7.11 Å². The molecule has 1 aromatic heterocycles. The van der Waals surface area contributed by atoms with Crippen molar-refractivity contribution in [2.24, 2.45) is 5.92 Å². The zero-order chi connectivity index (χ0) is 12.3. The molecule has 1 rings (SSSR count). The van der Waals surface area contributed by atoms with Crippen LogP contribution in [0.2, 0.25) is 0 Å². The first-order chi connectivity index (χ1) is 7.47. The van der Waals surface area contributed by atoms with E-state index in [9.17, 15) is 9.59 Å². The van der Waals surface area contributed by atoms with Crippen LogP contribution in [0.25, 0.3) is 0 Å². The number of rotatable bonds is 4. The van der Waals surface area contributed by atoms with Crippen molar-refractivity contribution in [1.82, 2.24) is 0 Å². The minimum atomic E-state index is -0.972. The average Bonchev–Trinajstić information content (AvgIpc) is 2.64. The van der Waals surface area contributed by atoms with Crippen LogP contribution in [-0.4, -0.2) is 24.2 Å². The second kappa shape index (κ2) is 4.83. The summed E-state index contributed by atoms with van der Waals surface area (Å²) in [6, 6.07) is 2.91. The molecule has 0 fully saturated rings. The third-order valence-electron chi connectivity index (χ3n) is 2.25. The van der Waals surface area contributed by atoms with Crippen LogP contribution in [-0.2, 0) is 9.53 Å². The third kappa shape index (κ3) is 2.42. The molecule has 88 valence electrons. The molecule has 1 N–H and O–H groups in total. The molecule has 1 atom stereocenters. The van der Waals surface area contributed by atoms with Crippen molar-refractivity contribution >= 4 is 11.9 Å². The van der Waals surface area contributed by atoms with Gasteiger partial charge < -0.3 is 14.3 Å². The van der Waals surface area contributed by atoms with E-state index in [1.165, 1.54) is 19.2 Å². The summed E-state index contributed by atoms with van der Waals surface area (Å²) in [4.78, 5) is 22.1. The molecule has 0 radical (unpaired) electrons. The fourth-order valence-electron chi connectivity index (χ4n) is 1.47. The van der Waals surface area contributed by atoms with Gasteiger partial charge in [-0.25, -0.2) is 4.79 Å². The first-order valence-electron chi connectivity index (χ1n) is 4.88. The fraction of sp³-hybridized carbons (Fsp3) is 0.455. The summed E-state index contributed by atoms with van der Waals surface area (Å²) in [5, 5.41) is 9.03. The molecule has 1 aromatic rings. The number of aliphatic carboxylic acids is 1. The molecule has 0 bridgehead atoms. The van der Waals surface area contributed by atoms with E-state index in [1.54, 1.807) is 13.8 Å². The summed E-state index contributed by atoms with van der Waals surface area (Å²) in [5.74, 6) is -2.17. The van der Waals surface area contributed by atoms with E-state index in [-0.39, 0.29) is 17.4 Å². The minimum Gasteiger partial charge on any atom is -0.481 e. The van der Waals surface area contributed by atoms with Gasteiger partial charge in [0.2, 0.25) is 5.76 Å². The average molecular weight is 226 g/mol. The van der Waals surface area contributed by atoms with Gasteiger partial charge in [-0.15, -0.1) is 0 Å². The first-order valence-corrected chi connectivity index (χ1v) is 4.88. The number of carbonyl (C=O) groups is 2. The SMILES string of the molecule is COC(=O)c1ccc(C(C(=O)O)C(C)C)o1. The van der Waals surface area contributed by atoms with Crippen LogP contribution in [0.3, 0.4) is 0 Å². The lowest BCUT2D eigenvalue weighted by atomic mass is 9.94. The monoisotopic (exact) mass is 226 g/mol. The zero-order valence-electron chi connectivity index (χ0n) is 9.39. The van der Waals surface area contributed by atoms with E-state index in [2.05, 4.69) is 4.74 Å². The Hall–Kier alpha value is -1.78. The number of methoxy groups -OCH3 is 1. The molecule has 0 spiro atoms. The number of hydrogen-bond donors (Lipinski definition) is 1. The first kappa shape index (κ1) is 12.3. The molecule has 16 heavy (non-hydrogen) atoms. The Kier molecular flexibility index (Phi) is 3.71. The predicted molar refractivity (Wildman–Crippen MR) is 55.3 cm³/mol. The lowest BCUT2D eigenvalue weighted by Gasteiger charge is -2.12. The van der Waals surface area contributed by atoms with Crippen molar-refractivity contribution in [3.8, 4) is 0 Å². The Morgan fingerprint density at radius 3 is 2.44 bits per heavy atom. The molecular weight excluding hydrogens is 212 g/mol. The Labute approximate surface area is 93.0 Å². The van der Waals surface area contributed by atoms with E-state index in [0.29, 0.717) is 0 Å². The van der Waals surface area contributed by atoms with Gasteiger partial charge in [0, 0.05) is 0 Å². The van der Waals surface area contributed by atoms with E-state index >= 15 is 0 Å². The maximum atomic E-state index is 11.1. The van der Waals surface area contributed by atoms with E-state index < -0.39 is 17.9 Å². The highest BCUT2D eigenvalue weighted by molar-refractivity contribution is 5.86. The maximum absolute atomic E-state index is 11.1. The van der Waals surface area contributed by atoms with Gasteiger partial charge >= 0.3 is 11.9 Å². The number of carboxylic acids is 1. The maximum Gasteiger partial charge on any atom is 0.373 e. The van der Waals surface area contributed by atoms with Crippen LogP contribution in [0.1, 0.15) is 36.1 Å². The van der Waals surface area contributed by atoms with E-state index in [1.807, 2.05) is 0 Å². The molecule has 1 unspecified atom stereocenters. The molecule has 5 heteroatoms. The van der Waals surface area contributed by atoms with E-state index in [0.717, 1.165) is 0 Å². The molecule has 0 aromatic carbocycles. The van der Waals surface area contributed by atoms with Crippen molar-refractivity contribution in [2.75, 3.05) is 7.11 Å². The Balaban J connectivity index is 2.99. The Bertz CT molecular complexity index is 391. The number of esters is 1. The number of carbonyl (C=O) groups excluding carboxylic acids is 1. The Morgan fingerprint density at radius 2 is 2.00 bits per heavy atom. The van der Waals surface area contributed by atoms with Crippen LogP contribution in [0.4, 0.5) is 0 Å². The molecule has 5 nitrogen and oxygen atoms in total. The molecule has 1 heterocycles. The summed E-state index contributed by atoms with van der Waals surface area (Å²) in [7, 11) is 1.24. The highest BCUT2D eigenvalue weighted by Gasteiger charge is 2.27. The Morgan fingerprint density at radius 1 is 1.38 bits per heavy atom. The summed E-state index contributed by atoms with van der Waals surface area (Å²) < 4.78 is 9.64. The lowest BCUT2D eigenvalue weighted by Crippen LogP contribution is -2.16. The molecule has 0 aliphatic rings. The van der Waals surface area contributed by atoms with Crippen molar-refractivity contribution in [3.63, 3.8) is 0 Å². The summed E-state index contributed by atoms with van der Waals surface area (Å²) in [6.45, 7) is 3.55. The van der Waals surface area contributed by atoms with Crippen molar-refractivity contribution in [2.45, 2.75) is 19.8 Å². The van der Waals surface area contributed by atoms with Gasteiger partial charge in [0.1, 0.15) is 11.7 Å². The smallest absolute Gasteiger partial charge is 0.373 e. The topological polar surface area (TPSA) is 76.7 Å². The van der Waals surface area contributed by atoms with Crippen LogP contribution in [0, 0.1) is 5.92 Å². The van der Waals surface area contributed by atoms with Gasteiger partial charge in [0.25, 0.3) is 0 Å². The van der Waals surface area contributed by atoms with Crippen molar-refractivity contribution < 1.29 is 23.8 Å². The normalized spacial score (nSPS) is 12.5. The lowest BCUT2D eigenvalue weighted by molar-refractivity contribution is -0.140. The second-order valence-corrected chi connectivity index (χ2v) is 3.75. The van der Waals surface area contributed by atoms with Crippen LogP contribution < -0.4 is 0 Å². The quantitative estimate of drug-likeness (QED) is 0.793. The molecule has 0 saturated carbocycles. The van der Waals surface area contributed by atoms with Crippen LogP contribution in [0.5, 0.6) is 0 Å². The van der Waals surface area contributed by atoms with Gasteiger partial charge in [0.15, 0.2) is 0 Å². The second-order valence-electron chi connectivity index (χ2n) is 3.75. The molecule has 0 amide bonds. The standard InChI is InChI=1S/C11H14O5/c1-6(2)9(10(12)13)7-4-5-8(16-7)11(14)15-3/h4-6,9H,1-3H3,(H,12,13). The highest BCUT2D eigenvalue weighted by Crippen LogP contribution is 2.26. The molecule has 0 aliphatic heterocycles. The number of hydrogen-bond acceptors (Lipinski definition) is 4. The predicted octanol–water partition coefficient (Wildman–Crippen LogP) is 1.89. The summed E-state index contributed by atoms with van der Waals surface area (Å²) in [6.07, 6.45) is 0. The molecule has 0 saturated heterocycles. The van der Waals surface area contributed by atoms with Gasteiger partial charge in [-0.3, -0.25) is 4.79 Å². The molecule has 0 aliphatic carbocycles. The largest absolute Gasteiger partial charge is 0.481 e. The van der Waals surface area contributed by atoms with Crippen LogP contribution >= 0.6 is 0 Å². The third-order valence-corrected chi connectivity index (χ3v) is 2.25. The van der Waals surface area contributed by atoms with Crippen molar-refractivity contribution in [3.05, 3.63) is 23.7 Å². The van der Waals surface area contributed by atoms with E-state index in [4.69, 9.17) is 9.52 Å². The van der Waals surface area contributed by atoms with Gasteiger partial charge in [-0.1, -0.05) is 13.8 Å². The molecular formula is C11H14O5. The number of carboxylic acid groups (broad SMARTS) is 1. The summed E-state index contributed by atoms with van der Waals surface area (Å²) >= 11 is 0. The van der Waals surface area contributed by atoms with Crippen LogP contribution in [0.15, 0.2) is 16.5 Å². The minimum absolute atomic E-state index is 0.0180. The zero-order valence-corrected chi connectivity index (χ0v) is 9.39. The van der Waals surface area contributed by atoms with Gasteiger partial charge in [-0.05, 0) is 18.1 Å². The fourth-order valence-corrected chi connectivity index (χ4v) is 1.47. The highest BCUT2D eigenvalue weighted by atomic mass is 16.5. The number of ether oxygens (including phenoxy) is 1. The van der Waals surface area contributed by atoms with Gasteiger partial charge in [-0.2, -0.15) is 0 Å². The summed E-state index contributed by atoms with van der Waals surface area (Å²) in [5.41, 5.74) is 0.